The van der Waals surface area contributed by atoms with E-state index in [1.54, 1.807) is 14.2 Å². The average molecular weight is 435 g/mol. The molecule has 7 heteroatoms. The van der Waals surface area contributed by atoms with Gasteiger partial charge in [-0.2, -0.15) is 9.61 Å². The number of hydrogen-bond acceptors (Lipinski definition) is 5. The highest BCUT2D eigenvalue weighted by Crippen LogP contribution is 2.33. The first-order valence-electron chi connectivity index (χ1n) is 10.6. The molecule has 1 N–H and O–H groups in total. The van der Waals surface area contributed by atoms with Crippen LogP contribution in [0.25, 0.3) is 16.9 Å². The summed E-state index contributed by atoms with van der Waals surface area (Å²) in [6.45, 7) is 4.83. The maximum Gasteiger partial charge on any atom is 0.161 e. The lowest BCUT2D eigenvalue weighted by Gasteiger charge is -2.14. The molecule has 0 amide bonds. The van der Waals surface area contributed by atoms with Crippen LogP contribution in [0.2, 0.25) is 0 Å². The Labute approximate surface area is 187 Å². The van der Waals surface area contributed by atoms with Gasteiger partial charge in [0.15, 0.2) is 17.1 Å². The molecule has 166 valence electrons. The first-order valence-corrected chi connectivity index (χ1v) is 10.6. The number of ether oxygens (including phenoxy) is 2. The van der Waals surface area contributed by atoms with E-state index >= 15 is 0 Å². The lowest BCUT2D eigenvalue weighted by molar-refractivity contribution is 0.355. The summed E-state index contributed by atoms with van der Waals surface area (Å²) in [6, 6.07) is 14.3. The SMILES string of the molecule is CCc1c(C)nc2cc(-c3ccc(OC)c(OC)c3)nn2c1NCCc1ccc(F)cc1. The van der Waals surface area contributed by atoms with E-state index in [2.05, 4.69) is 12.2 Å². The third-order valence-electron chi connectivity index (χ3n) is 5.56. The monoisotopic (exact) mass is 434 g/mol. The molecule has 0 saturated heterocycles. The normalized spacial score (nSPS) is 11.0. The summed E-state index contributed by atoms with van der Waals surface area (Å²) in [5, 5.41) is 8.39. The highest BCUT2D eigenvalue weighted by Gasteiger charge is 2.16. The van der Waals surface area contributed by atoms with Crippen molar-refractivity contribution in [2.45, 2.75) is 26.7 Å². The lowest BCUT2D eigenvalue weighted by atomic mass is 10.1. The second-order valence-electron chi connectivity index (χ2n) is 7.55. The number of nitrogens with zero attached hydrogens (tertiary/aromatic N) is 3. The maximum atomic E-state index is 13.2. The van der Waals surface area contributed by atoms with Gasteiger partial charge in [-0.25, -0.2) is 9.37 Å². The fourth-order valence-corrected chi connectivity index (χ4v) is 3.87. The zero-order valence-corrected chi connectivity index (χ0v) is 18.8. The minimum Gasteiger partial charge on any atom is -0.493 e. The largest absolute Gasteiger partial charge is 0.493 e. The second kappa shape index (κ2) is 9.26. The fourth-order valence-electron chi connectivity index (χ4n) is 3.87. The van der Waals surface area contributed by atoms with E-state index in [-0.39, 0.29) is 5.82 Å². The molecule has 0 spiro atoms. The Bertz CT molecular complexity index is 1240. The number of hydrogen-bond donors (Lipinski definition) is 1. The highest BCUT2D eigenvalue weighted by molar-refractivity contribution is 5.69. The molecule has 0 fully saturated rings. The number of aryl methyl sites for hydroxylation is 1. The number of rotatable bonds is 8. The number of anilines is 1. The Hall–Kier alpha value is -3.61. The van der Waals surface area contributed by atoms with Crippen molar-refractivity contribution < 1.29 is 13.9 Å². The van der Waals surface area contributed by atoms with Gasteiger partial charge >= 0.3 is 0 Å². The fraction of sp³-hybridized carbons (Fsp3) is 0.280. The lowest BCUT2D eigenvalue weighted by Crippen LogP contribution is -2.13. The molecule has 0 unspecified atom stereocenters. The van der Waals surface area contributed by atoms with Crippen molar-refractivity contribution in [1.29, 1.82) is 0 Å². The molecule has 4 rings (SSSR count). The van der Waals surface area contributed by atoms with Gasteiger partial charge in [0.1, 0.15) is 11.6 Å². The van der Waals surface area contributed by atoms with Crippen LogP contribution in [0.3, 0.4) is 0 Å². The first kappa shape index (κ1) is 21.6. The number of nitrogens with one attached hydrogen (secondary N) is 1. The van der Waals surface area contributed by atoms with Gasteiger partial charge in [0.2, 0.25) is 0 Å². The number of fused-ring (bicyclic) bond motifs is 1. The van der Waals surface area contributed by atoms with Gasteiger partial charge in [-0.15, -0.1) is 0 Å². The highest BCUT2D eigenvalue weighted by atomic mass is 19.1. The number of benzene rings is 2. The van der Waals surface area contributed by atoms with Gasteiger partial charge in [-0.3, -0.25) is 0 Å². The summed E-state index contributed by atoms with van der Waals surface area (Å²) in [5.41, 5.74) is 5.66. The van der Waals surface area contributed by atoms with Crippen molar-refractivity contribution in [1.82, 2.24) is 14.6 Å². The van der Waals surface area contributed by atoms with Gasteiger partial charge in [-0.05, 0) is 55.7 Å². The van der Waals surface area contributed by atoms with Crippen molar-refractivity contribution in [2.75, 3.05) is 26.1 Å². The van der Waals surface area contributed by atoms with E-state index in [9.17, 15) is 4.39 Å². The number of aromatic nitrogens is 3. The molecule has 2 aromatic heterocycles. The van der Waals surface area contributed by atoms with E-state index in [0.29, 0.717) is 18.0 Å². The third kappa shape index (κ3) is 4.23. The standard InChI is InChI=1S/C25H27FN4O2/c1-5-20-16(2)28-24-15-21(18-8-11-22(31-3)23(14-18)32-4)29-30(24)25(20)27-13-12-17-6-9-19(26)10-7-17/h6-11,14-15,27H,5,12-13H2,1-4H3. The third-order valence-corrected chi connectivity index (χ3v) is 5.56. The van der Waals surface area contributed by atoms with Crippen molar-refractivity contribution in [2.24, 2.45) is 0 Å². The van der Waals surface area contributed by atoms with Crippen LogP contribution in [0.1, 0.15) is 23.7 Å². The zero-order valence-electron chi connectivity index (χ0n) is 18.8. The predicted octanol–water partition coefficient (Wildman–Crippen LogP) is 5.08. The van der Waals surface area contributed by atoms with E-state index in [0.717, 1.165) is 52.4 Å². The van der Waals surface area contributed by atoms with Crippen LogP contribution in [-0.2, 0) is 12.8 Å². The van der Waals surface area contributed by atoms with Crippen LogP contribution in [0.4, 0.5) is 10.2 Å². The molecule has 2 aromatic carbocycles. The molecular formula is C25H27FN4O2. The topological polar surface area (TPSA) is 60.7 Å². The molecule has 0 aliphatic carbocycles. The van der Waals surface area contributed by atoms with Crippen molar-refractivity contribution in [3.05, 3.63) is 71.2 Å². The van der Waals surface area contributed by atoms with Crippen LogP contribution in [0.5, 0.6) is 11.5 Å². The molecule has 0 saturated carbocycles. The summed E-state index contributed by atoms with van der Waals surface area (Å²) < 4.78 is 25.8. The molecule has 0 radical (unpaired) electrons. The van der Waals surface area contributed by atoms with Gasteiger partial charge in [0.05, 0.1) is 19.9 Å². The Morgan fingerprint density at radius 3 is 2.44 bits per heavy atom. The number of methoxy groups -OCH3 is 2. The van der Waals surface area contributed by atoms with Gasteiger partial charge in [0, 0.05) is 29.4 Å². The molecule has 4 aromatic rings. The van der Waals surface area contributed by atoms with Crippen LogP contribution in [0, 0.1) is 12.7 Å². The maximum absolute atomic E-state index is 13.2. The Kier molecular flexibility index (Phi) is 6.25. The molecule has 0 aliphatic heterocycles. The summed E-state index contributed by atoms with van der Waals surface area (Å²) >= 11 is 0. The van der Waals surface area contributed by atoms with Gasteiger partial charge < -0.3 is 14.8 Å². The molecule has 0 bridgehead atoms. The molecular weight excluding hydrogens is 407 g/mol. The Morgan fingerprint density at radius 1 is 1.00 bits per heavy atom. The van der Waals surface area contributed by atoms with Gasteiger partial charge in [0.25, 0.3) is 0 Å². The molecule has 0 atom stereocenters. The van der Waals surface area contributed by atoms with Crippen molar-refractivity contribution in [3.63, 3.8) is 0 Å². The minimum absolute atomic E-state index is 0.222. The van der Waals surface area contributed by atoms with Crippen LogP contribution < -0.4 is 14.8 Å². The first-order chi connectivity index (χ1) is 15.5. The Balaban J connectivity index is 1.68. The van der Waals surface area contributed by atoms with Crippen molar-refractivity contribution >= 4 is 11.5 Å². The van der Waals surface area contributed by atoms with E-state index in [1.807, 2.05) is 47.8 Å². The number of halogens is 1. The molecule has 2 heterocycles. The quantitative estimate of drug-likeness (QED) is 0.419. The Morgan fingerprint density at radius 2 is 1.75 bits per heavy atom. The predicted molar refractivity (Wildman–Crippen MR) is 124 cm³/mol. The smallest absolute Gasteiger partial charge is 0.161 e. The summed E-state index contributed by atoms with van der Waals surface area (Å²) in [6.07, 6.45) is 1.61. The molecule has 32 heavy (non-hydrogen) atoms. The molecule has 6 nitrogen and oxygen atoms in total. The summed E-state index contributed by atoms with van der Waals surface area (Å²) in [7, 11) is 3.23. The molecule has 0 aliphatic rings. The van der Waals surface area contributed by atoms with E-state index in [1.165, 1.54) is 12.1 Å². The van der Waals surface area contributed by atoms with E-state index in [4.69, 9.17) is 19.6 Å². The summed E-state index contributed by atoms with van der Waals surface area (Å²) in [5.74, 6) is 2.04. The zero-order chi connectivity index (χ0) is 22.7. The van der Waals surface area contributed by atoms with E-state index < -0.39 is 0 Å². The van der Waals surface area contributed by atoms with Crippen LogP contribution >= 0.6 is 0 Å². The van der Waals surface area contributed by atoms with Crippen LogP contribution in [0.15, 0.2) is 48.5 Å². The van der Waals surface area contributed by atoms with Crippen molar-refractivity contribution in [3.8, 4) is 22.8 Å². The van der Waals surface area contributed by atoms with Gasteiger partial charge in [-0.1, -0.05) is 19.1 Å². The minimum atomic E-state index is -0.222. The average Bonchev–Trinajstić information content (AvgIpc) is 3.23. The van der Waals surface area contributed by atoms with Crippen LogP contribution in [-0.4, -0.2) is 35.4 Å². The summed E-state index contributed by atoms with van der Waals surface area (Å²) in [4.78, 5) is 4.77. The second-order valence-corrected chi connectivity index (χ2v) is 7.55.